The van der Waals surface area contributed by atoms with E-state index in [1.165, 1.54) is 37.4 Å². The van der Waals surface area contributed by atoms with Gasteiger partial charge in [0.25, 0.3) is 0 Å². The molecule has 3 aromatic rings. The van der Waals surface area contributed by atoms with Crippen molar-refractivity contribution in [1.29, 1.82) is 0 Å². The molecule has 1 aromatic carbocycles. The molecule has 2 aromatic heterocycles. The summed E-state index contributed by atoms with van der Waals surface area (Å²) < 4.78 is 2.28. The normalized spacial score (nSPS) is 15.9. The van der Waals surface area contributed by atoms with Crippen LogP contribution < -0.4 is 5.32 Å². The quantitative estimate of drug-likeness (QED) is 0.480. The number of carbonyl (C=O) groups excluding carboxylic acids is 1. The molecule has 0 spiro atoms. The molecule has 2 aliphatic carbocycles. The Labute approximate surface area is 184 Å². The van der Waals surface area contributed by atoms with Crippen LogP contribution in [0, 0.1) is 0 Å². The molecule has 0 radical (unpaired) electrons. The standard InChI is InChI=1S/C22H23N5OS2/c28-19(14-30-22-26-25-21(16-7-8-16)27(22)18-9-10-18)24-17-5-3-4-15(12-17)13-29-20-6-1-2-11-23-20/h1-6,11-12,16,18H,7-10,13-14H2,(H,24,28). The second-order valence-corrected chi connectivity index (χ2v) is 9.65. The van der Waals surface area contributed by atoms with Gasteiger partial charge in [0.2, 0.25) is 5.91 Å². The predicted octanol–water partition coefficient (Wildman–Crippen LogP) is 4.91. The van der Waals surface area contributed by atoms with Gasteiger partial charge < -0.3 is 9.88 Å². The molecule has 0 atom stereocenters. The summed E-state index contributed by atoms with van der Waals surface area (Å²) in [7, 11) is 0. The Hall–Kier alpha value is -2.32. The van der Waals surface area contributed by atoms with E-state index in [0.29, 0.717) is 17.7 Å². The molecule has 0 bridgehead atoms. The molecule has 0 saturated heterocycles. The zero-order valence-corrected chi connectivity index (χ0v) is 18.2. The summed E-state index contributed by atoms with van der Waals surface area (Å²) in [6.45, 7) is 0. The maximum Gasteiger partial charge on any atom is 0.234 e. The Balaban J connectivity index is 1.16. The third kappa shape index (κ3) is 4.87. The van der Waals surface area contributed by atoms with Crippen LogP contribution in [0.3, 0.4) is 0 Å². The average Bonchev–Trinajstić information content (AvgIpc) is 3.70. The second kappa shape index (κ2) is 8.81. The van der Waals surface area contributed by atoms with E-state index in [0.717, 1.165) is 33.0 Å². The third-order valence-corrected chi connectivity index (χ3v) is 7.07. The molecular formula is C22H23N5OS2. The molecular weight excluding hydrogens is 414 g/mol. The number of nitrogens with one attached hydrogen (secondary N) is 1. The van der Waals surface area contributed by atoms with Gasteiger partial charge in [-0.25, -0.2) is 4.98 Å². The van der Waals surface area contributed by atoms with Crippen LogP contribution in [0.1, 0.15) is 49.0 Å². The predicted molar refractivity (Wildman–Crippen MR) is 120 cm³/mol. The zero-order valence-electron chi connectivity index (χ0n) is 16.5. The van der Waals surface area contributed by atoms with Gasteiger partial charge in [0.1, 0.15) is 5.82 Å². The smallest absolute Gasteiger partial charge is 0.234 e. The van der Waals surface area contributed by atoms with Crippen molar-refractivity contribution in [2.75, 3.05) is 11.1 Å². The number of rotatable bonds is 9. The fourth-order valence-electron chi connectivity index (χ4n) is 3.34. The SMILES string of the molecule is O=C(CSc1nnc(C2CC2)n1C1CC1)Nc1cccc(CSc2ccccn2)c1. The van der Waals surface area contributed by atoms with Crippen LogP contribution in [0.5, 0.6) is 0 Å². The minimum absolute atomic E-state index is 0.0205. The van der Waals surface area contributed by atoms with E-state index in [9.17, 15) is 4.79 Å². The van der Waals surface area contributed by atoms with Gasteiger partial charge in [-0.3, -0.25) is 4.79 Å². The lowest BCUT2D eigenvalue weighted by Gasteiger charge is -2.09. The van der Waals surface area contributed by atoms with Crippen LogP contribution in [0.15, 0.2) is 58.8 Å². The van der Waals surface area contributed by atoms with E-state index in [4.69, 9.17) is 0 Å². The Bertz CT molecular complexity index is 1030. The molecule has 2 heterocycles. The van der Waals surface area contributed by atoms with Crippen molar-refractivity contribution in [3.63, 3.8) is 0 Å². The van der Waals surface area contributed by atoms with Crippen LogP contribution >= 0.6 is 23.5 Å². The van der Waals surface area contributed by atoms with E-state index in [-0.39, 0.29) is 5.91 Å². The van der Waals surface area contributed by atoms with Gasteiger partial charge in [-0.1, -0.05) is 30.0 Å². The Morgan fingerprint density at radius 1 is 1.07 bits per heavy atom. The van der Waals surface area contributed by atoms with Crippen molar-refractivity contribution in [2.24, 2.45) is 0 Å². The number of nitrogens with zero attached hydrogens (tertiary/aromatic N) is 4. The van der Waals surface area contributed by atoms with Gasteiger partial charge in [0.15, 0.2) is 5.16 Å². The number of amides is 1. The molecule has 8 heteroatoms. The average molecular weight is 438 g/mol. The Kier molecular flexibility index (Phi) is 5.77. The van der Waals surface area contributed by atoms with Gasteiger partial charge in [0.05, 0.1) is 10.8 Å². The lowest BCUT2D eigenvalue weighted by Crippen LogP contribution is -2.14. The molecule has 5 rings (SSSR count). The monoisotopic (exact) mass is 437 g/mol. The Morgan fingerprint density at radius 3 is 2.73 bits per heavy atom. The lowest BCUT2D eigenvalue weighted by molar-refractivity contribution is -0.113. The fraction of sp³-hybridized carbons (Fsp3) is 0.364. The summed E-state index contributed by atoms with van der Waals surface area (Å²) in [4.78, 5) is 16.9. The summed E-state index contributed by atoms with van der Waals surface area (Å²) in [5.74, 6) is 2.83. The molecule has 154 valence electrons. The topological polar surface area (TPSA) is 72.7 Å². The number of carbonyl (C=O) groups is 1. The molecule has 0 aliphatic heterocycles. The van der Waals surface area contributed by atoms with E-state index in [2.05, 4.69) is 31.1 Å². The number of aromatic nitrogens is 4. The summed E-state index contributed by atoms with van der Waals surface area (Å²) in [6.07, 6.45) is 6.62. The first-order valence-corrected chi connectivity index (χ1v) is 12.2. The lowest BCUT2D eigenvalue weighted by atomic mass is 10.2. The number of pyridine rings is 1. The van der Waals surface area contributed by atoms with Crippen molar-refractivity contribution in [3.05, 3.63) is 60.0 Å². The van der Waals surface area contributed by atoms with E-state index in [1.54, 1.807) is 18.0 Å². The van der Waals surface area contributed by atoms with E-state index in [1.807, 2.05) is 36.4 Å². The van der Waals surface area contributed by atoms with E-state index < -0.39 is 0 Å². The van der Waals surface area contributed by atoms with Crippen LogP contribution in [0.25, 0.3) is 0 Å². The van der Waals surface area contributed by atoms with Gasteiger partial charge >= 0.3 is 0 Å². The zero-order chi connectivity index (χ0) is 20.3. The maximum atomic E-state index is 12.5. The second-order valence-electron chi connectivity index (χ2n) is 7.71. The van der Waals surface area contributed by atoms with Crippen molar-refractivity contribution in [2.45, 2.75) is 53.6 Å². The number of hydrogen-bond acceptors (Lipinski definition) is 6. The highest BCUT2D eigenvalue weighted by atomic mass is 32.2. The fourth-order valence-corrected chi connectivity index (χ4v) is 4.96. The number of benzene rings is 1. The van der Waals surface area contributed by atoms with E-state index >= 15 is 0 Å². The van der Waals surface area contributed by atoms with Crippen molar-refractivity contribution in [1.82, 2.24) is 19.7 Å². The van der Waals surface area contributed by atoms with Gasteiger partial charge in [-0.15, -0.1) is 22.0 Å². The molecule has 0 unspecified atom stereocenters. The van der Waals surface area contributed by atoms with Gasteiger partial charge in [-0.05, 0) is 55.5 Å². The molecule has 2 aliphatic rings. The molecule has 1 N–H and O–H groups in total. The van der Waals surface area contributed by atoms with Crippen molar-refractivity contribution in [3.8, 4) is 0 Å². The first-order valence-electron chi connectivity index (χ1n) is 10.3. The summed E-state index contributed by atoms with van der Waals surface area (Å²) >= 11 is 3.17. The summed E-state index contributed by atoms with van der Waals surface area (Å²) in [5.41, 5.74) is 1.97. The summed E-state index contributed by atoms with van der Waals surface area (Å²) in [5, 5.41) is 13.7. The van der Waals surface area contributed by atoms with Crippen molar-refractivity contribution < 1.29 is 4.79 Å². The molecule has 2 saturated carbocycles. The molecule has 1 amide bonds. The highest BCUT2D eigenvalue weighted by molar-refractivity contribution is 7.99. The van der Waals surface area contributed by atoms with Gasteiger partial charge in [0, 0.05) is 29.6 Å². The highest BCUT2D eigenvalue weighted by Crippen LogP contribution is 2.46. The number of thioether (sulfide) groups is 2. The van der Waals surface area contributed by atoms with Crippen LogP contribution in [0.4, 0.5) is 5.69 Å². The first-order chi connectivity index (χ1) is 14.8. The van der Waals surface area contributed by atoms with Crippen LogP contribution in [-0.2, 0) is 10.5 Å². The molecule has 6 nitrogen and oxygen atoms in total. The van der Waals surface area contributed by atoms with Crippen molar-refractivity contribution >= 4 is 35.1 Å². The minimum atomic E-state index is -0.0205. The van der Waals surface area contributed by atoms with Crippen LogP contribution in [0.2, 0.25) is 0 Å². The first kappa shape index (κ1) is 19.6. The molecule has 30 heavy (non-hydrogen) atoms. The molecule has 2 fully saturated rings. The largest absolute Gasteiger partial charge is 0.325 e. The van der Waals surface area contributed by atoms with Gasteiger partial charge in [-0.2, -0.15) is 0 Å². The number of anilines is 1. The minimum Gasteiger partial charge on any atom is -0.325 e. The summed E-state index contributed by atoms with van der Waals surface area (Å²) in [6, 6.07) is 14.4. The third-order valence-electron chi connectivity index (χ3n) is 5.11. The highest BCUT2D eigenvalue weighted by Gasteiger charge is 2.36. The number of hydrogen-bond donors (Lipinski definition) is 1. The van der Waals surface area contributed by atoms with Crippen LogP contribution in [-0.4, -0.2) is 31.4 Å². The Morgan fingerprint density at radius 2 is 1.97 bits per heavy atom. The maximum absolute atomic E-state index is 12.5.